The van der Waals surface area contributed by atoms with Crippen molar-refractivity contribution in [3.63, 3.8) is 0 Å². The standard InChI is InChI=1S/C11H12O4S/c1-7(12)11-6-9(16(13,14)15)5-8-3-2-4-10(8)11/h5-6H,2-4H2,1H3,(H,13,14,15). The SMILES string of the molecule is CC(=O)c1cc(S(=O)(=O)O)cc2c1CCC2. The summed E-state index contributed by atoms with van der Waals surface area (Å²) in [5.74, 6) is -0.163. The lowest BCUT2D eigenvalue weighted by Gasteiger charge is -2.07. The molecule has 86 valence electrons. The summed E-state index contributed by atoms with van der Waals surface area (Å²) in [6.07, 6.45) is 2.49. The van der Waals surface area contributed by atoms with Crippen molar-refractivity contribution in [1.29, 1.82) is 0 Å². The molecule has 0 aliphatic heterocycles. The molecule has 0 unspecified atom stereocenters. The summed E-state index contributed by atoms with van der Waals surface area (Å²) in [6, 6.07) is 2.73. The van der Waals surface area contributed by atoms with Crippen LogP contribution in [-0.2, 0) is 23.0 Å². The van der Waals surface area contributed by atoms with Crippen molar-refractivity contribution in [1.82, 2.24) is 0 Å². The van der Waals surface area contributed by atoms with Gasteiger partial charge in [0.1, 0.15) is 0 Å². The van der Waals surface area contributed by atoms with Crippen molar-refractivity contribution in [2.45, 2.75) is 31.1 Å². The number of benzene rings is 1. The number of fused-ring (bicyclic) bond motifs is 1. The molecule has 1 aromatic rings. The maximum absolute atomic E-state index is 11.4. The van der Waals surface area contributed by atoms with Crippen LogP contribution in [-0.4, -0.2) is 18.8 Å². The number of aryl methyl sites for hydroxylation is 1. The van der Waals surface area contributed by atoms with Crippen LogP contribution in [0.2, 0.25) is 0 Å². The van der Waals surface area contributed by atoms with Gasteiger partial charge in [0.05, 0.1) is 4.90 Å². The van der Waals surface area contributed by atoms with Gasteiger partial charge in [0.25, 0.3) is 10.1 Å². The summed E-state index contributed by atoms with van der Waals surface area (Å²) in [7, 11) is -4.23. The van der Waals surface area contributed by atoms with Crippen molar-refractivity contribution in [2.24, 2.45) is 0 Å². The van der Waals surface area contributed by atoms with E-state index in [1.54, 1.807) is 0 Å². The summed E-state index contributed by atoms with van der Waals surface area (Å²) in [5, 5.41) is 0. The lowest BCUT2D eigenvalue weighted by Crippen LogP contribution is -2.05. The van der Waals surface area contributed by atoms with E-state index in [9.17, 15) is 13.2 Å². The second-order valence-corrected chi connectivity index (χ2v) is 5.41. The maximum atomic E-state index is 11.4. The Morgan fingerprint density at radius 3 is 2.56 bits per heavy atom. The molecule has 1 aliphatic carbocycles. The van der Waals surface area contributed by atoms with Crippen LogP contribution in [0.25, 0.3) is 0 Å². The lowest BCUT2D eigenvalue weighted by molar-refractivity contribution is 0.101. The van der Waals surface area contributed by atoms with Crippen molar-refractivity contribution in [3.05, 3.63) is 28.8 Å². The molecule has 0 saturated heterocycles. The predicted molar refractivity (Wildman–Crippen MR) is 58.3 cm³/mol. The molecule has 0 heterocycles. The van der Waals surface area contributed by atoms with Gasteiger partial charge in [0.15, 0.2) is 5.78 Å². The van der Waals surface area contributed by atoms with Crippen LogP contribution in [0.15, 0.2) is 17.0 Å². The average Bonchev–Trinajstić information content (AvgIpc) is 2.61. The second kappa shape index (κ2) is 3.68. The van der Waals surface area contributed by atoms with Crippen molar-refractivity contribution >= 4 is 15.9 Å². The summed E-state index contributed by atoms with van der Waals surface area (Å²) in [4.78, 5) is 11.2. The zero-order chi connectivity index (χ0) is 11.9. The molecule has 2 rings (SSSR count). The van der Waals surface area contributed by atoms with E-state index in [0.717, 1.165) is 30.4 Å². The number of carbonyl (C=O) groups excluding carboxylic acids is 1. The largest absolute Gasteiger partial charge is 0.295 e. The van der Waals surface area contributed by atoms with Crippen LogP contribution in [0.1, 0.15) is 34.8 Å². The van der Waals surface area contributed by atoms with Gasteiger partial charge in [-0.05, 0) is 49.4 Å². The first-order valence-corrected chi connectivity index (χ1v) is 6.48. The Balaban J connectivity index is 2.70. The fourth-order valence-electron chi connectivity index (χ4n) is 2.14. The molecular formula is C11H12O4S. The van der Waals surface area contributed by atoms with Crippen molar-refractivity contribution in [3.8, 4) is 0 Å². The lowest BCUT2D eigenvalue weighted by atomic mass is 10.0. The fourth-order valence-corrected chi connectivity index (χ4v) is 2.70. The van der Waals surface area contributed by atoms with Crippen LogP contribution in [0.3, 0.4) is 0 Å². The molecule has 1 N–H and O–H groups in total. The average molecular weight is 240 g/mol. The third kappa shape index (κ3) is 1.88. The smallest absolute Gasteiger partial charge is 0.294 e. The molecule has 0 bridgehead atoms. The Labute approximate surface area is 94.0 Å². The molecule has 0 radical (unpaired) electrons. The van der Waals surface area contributed by atoms with Crippen molar-refractivity contribution < 1.29 is 17.8 Å². The van der Waals surface area contributed by atoms with Crippen LogP contribution in [0.4, 0.5) is 0 Å². The molecular weight excluding hydrogens is 228 g/mol. The van der Waals surface area contributed by atoms with Gasteiger partial charge in [-0.25, -0.2) is 0 Å². The first-order chi connectivity index (χ1) is 7.39. The summed E-state index contributed by atoms with van der Waals surface area (Å²) >= 11 is 0. The van der Waals surface area contributed by atoms with Gasteiger partial charge in [0.2, 0.25) is 0 Å². The van der Waals surface area contributed by atoms with E-state index < -0.39 is 10.1 Å². The molecule has 0 aromatic heterocycles. The highest BCUT2D eigenvalue weighted by molar-refractivity contribution is 7.85. The van der Waals surface area contributed by atoms with Gasteiger partial charge in [0, 0.05) is 5.56 Å². The van der Waals surface area contributed by atoms with Crippen molar-refractivity contribution in [2.75, 3.05) is 0 Å². The predicted octanol–water partition coefficient (Wildman–Crippen LogP) is 1.62. The third-order valence-corrected chi connectivity index (χ3v) is 3.70. The monoisotopic (exact) mass is 240 g/mol. The van der Waals surface area contributed by atoms with E-state index in [4.69, 9.17) is 4.55 Å². The molecule has 5 heteroatoms. The van der Waals surface area contributed by atoms with Gasteiger partial charge < -0.3 is 0 Å². The highest BCUT2D eigenvalue weighted by atomic mass is 32.2. The van der Waals surface area contributed by atoms with Crippen LogP contribution < -0.4 is 0 Å². The Morgan fingerprint density at radius 1 is 1.31 bits per heavy atom. The molecule has 4 nitrogen and oxygen atoms in total. The van der Waals surface area contributed by atoms with E-state index in [2.05, 4.69) is 0 Å². The summed E-state index contributed by atoms with van der Waals surface area (Å²) < 4.78 is 31.1. The summed E-state index contributed by atoms with van der Waals surface area (Å²) in [5.41, 5.74) is 2.21. The second-order valence-electron chi connectivity index (χ2n) is 3.99. The van der Waals surface area contributed by atoms with Crippen LogP contribution >= 0.6 is 0 Å². The van der Waals surface area contributed by atoms with Crippen LogP contribution in [0.5, 0.6) is 0 Å². The minimum Gasteiger partial charge on any atom is -0.295 e. The Hall–Kier alpha value is -1.20. The highest BCUT2D eigenvalue weighted by Crippen LogP contribution is 2.28. The topological polar surface area (TPSA) is 71.4 Å². The molecule has 0 atom stereocenters. The van der Waals surface area contributed by atoms with E-state index in [1.165, 1.54) is 19.1 Å². The number of ketones is 1. The van der Waals surface area contributed by atoms with E-state index in [0.29, 0.717) is 5.56 Å². The van der Waals surface area contributed by atoms with Gasteiger partial charge in [-0.1, -0.05) is 0 Å². The first kappa shape index (κ1) is 11.3. The molecule has 1 aliphatic rings. The first-order valence-electron chi connectivity index (χ1n) is 5.04. The minimum atomic E-state index is -4.23. The van der Waals surface area contributed by atoms with Gasteiger partial charge in [-0.2, -0.15) is 8.42 Å². The molecule has 1 aromatic carbocycles. The zero-order valence-electron chi connectivity index (χ0n) is 8.86. The number of carbonyl (C=O) groups is 1. The minimum absolute atomic E-state index is 0.163. The highest BCUT2D eigenvalue weighted by Gasteiger charge is 2.22. The Bertz CT molecular complexity index is 558. The van der Waals surface area contributed by atoms with Gasteiger partial charge in [-0.3, -0.25) is 9.35 Å². The van der Waals surface area contributed by atoms with E-state index in [1.807, 2.05) is 0 Å². The molecule has 0 fully saturated rings. The third-order valence-electron chi connectivity index (χ3n) is 2.87. The normalized spacial score (nSPS) is 14.9. The van der Waals surface area contributed by atoms with Gasteiger partial charge in [-0.15, -0.1) is 0 Å². The number of rotatable bonds is 2. The molecule has 16 heavy (non-hydrogen) atoms. The number of hydrogen-bond donors (Lipinski definition) is 1. The number of hydrogen-bond acceptors (Lipinski definition) is 3. The molecule has 0 spiro atoms. The van der Waals surface area contributed by atoms with Crippen LogP contribution in [0, 0.1) is 0 Å². The molecule has 0 amide bonds. The number of Topliss-reactive ketones (excluding diaryl/α,β-unsaturated/α-hetero) is 1. The van der Waals surface area contributed by atoms with E-state index >= 15 is 0 Å². The Kier molecular flexibility index (Phi) is 2.59. The summed E-state index contributed by atoms with van der Waals surface area (Å²) in [6.45, 7) is 1.40. The fraction of sp³-hybridized carbons (Fsp3) is 0.364. The maximum Gasteiger partial charge on any atom is 0.294 e. The quantitative estimate of drug-likeness (QED) is 0.630. The van der Waals surface area contributed by atoms with Gasteiger partial charge >= 0.3 is 0 Å². The molecule has 0 saturated carbocycles. The van der Waals surface area contributed by atoms with E-state index in [-0.39, 0.29) is 10.7 Å². The Morgan fingerprint density at radius 2 is 2.00 bits per heavy atom. The zero-order valence-corrected chi connectivity index (χ0v) is 9.67.